The SMILES string of the molecule is NC(=NOCc1ccc(C(F)(F)F)cc1)c1ccc(N2CCCCC2)nc1. The summed E-state index contributed by atoms with van der Waals surface area (Å²) in [7, 11) is 0. The molecule has 0 aliphatic carbocycles. The van der Waals surface area contributed by atoms with Gasteiger partial charge in [0.15, 0.2) is 5.84 Å². The molecule has 1 aliphatic heterocycles. The summed E-state index contributed by atoms with van der Waals surface area (Å²) in [4.78, 5) is 11.8. The number of halogens is 3. The number of alkyl halides is 3. The first-order valence-electron chi connectivity index (χ1n) is 8.76. The van der Waals surface area contributed by atoms with Gasteiger partial charge in [-0.3, -0.25) is 0 Å². The molecule has 5 nitrogen and oxygen atoms in total. The standard InChI is InChI=1S/C19H21F3N4O/c20-19(21,22)16-7-4-14(5-8-16)13-27-25-18(23)15-6-9-17(24-12-15)26-10-2-1-3-11-26/h4-9,12H,1-3,10-11,13H2,(H2,23,25). The van der Waals surface area contributed by atoms with Gasteiger partial charge in [0.05, 0.1) is 5.56 Å². The van der Waals surface area contributed by atoms with Crippen molar-refractivity contribution in [1.29, 1.82) is 0 Å². The van der Waals surface area contributed by atoms with Crippen LogP contribution in [0.4, 0.5) is 19.0 Å². The molecule has 0 amide bonds. The number of piperidine rings is 1. The van der Waals surface area contributed by atoms with Crippen molar-refractivity contribution in [2.45, 2.75) is 32.0 Å². The van der Waals surface area contributed by atoms with Crippen LogP contribution in [-0.2, 0) is 17.6 Å². The van der Waals surface area contributed by atoms with Crippen molar-refractivity contribution in [2.75, 3.05) is 18.0 Å². The highest BCUT2D eigenvalue weighted by Gasteiger charge is 2.29. The van der Waals surface area contributed by atoms with E-state index in [1.165, 1.54) is 31.4 Å². The van der Waals surface area contributed by atoms with Crippen LogP contribution >= 0.6 is 0 Å². The number of amidine groups is 1. The second-order valence-electron chi connectivity index (χ2n) is 6.40. The molecule has 0 saturated carbocycles. The normalized spacial score (nSPS) is 15.7. The first-order valence-corrected chi connectivity index (χ1v) is 8.76. The van der Waals surface area contributed by atoms with Gasteiger partial charge in [0.1, 0.15) is 12.4 Å². The fraction of sp³-hybridized carbons (Fsp3) is 0.368. The van der Waals surface area contributed by atoms with E-state index in [-0.39, 0.29) is 12.4 Å². The average molecular weight is 378 g/mol. The van der Waals surface area contributed by atoms with Crippen LogP contribution < -0.4 is 10.6 Å². The molecular weight excluding hydrogens is 357 g/mol. The number of aromatic nitrogens is 1. The van der Waals surface area contributed by atoms with Gasteiger partial charge in [-0.2, -0.15) is 13.2 Å². The summed E-state index contributed by atoms with van der Waals surface area (Å²) in [6.07, 6.45) is 0.889. The van der Waals surface area contributed by atoms with Crippen molar-refractivity contribution in [1.82, 2.24) is 4.98 Å². The zero-order valence-corrected chi connectivity index (χ0v) is 14.7. The highest BCUT2D eigenvalue weighted by molar-refractivity contribution is 5.96. The summed E-state index contributed by atoms with van der Waals surface area (Å²) in [5.41, 5.74) is 6.39. The molecule has 0 spiro atoms. The Labute approximate surface area is 155 Å². The molecule has 1 aromatic carbocycles. The zero-order chi connectivity index (χ0) is 19.3. The second kappa shape index (κ2) is 8.28. The van der Waals surface area contributed by atoms with Crippen molar-refractivity contribution < 1.29 is 18.0 Å². The van der Waals surface area contributed by atoms with Gasteiger partial charge in [0, 0.05) is 24.8 Å². The highest BCUT2D eigenvalue weighted by Crippen LogP contribution is 2.29. The molecule has 2 N–H and O–H groups in total. The van der Waals surface area contributed by atoms with E-state index in [0.29, 0.717) is 11.1 Å². The topological polar surface area (TPSA) is 63.7 Å². The minimum Gasteiger partial charge on any atom is -0.389 e. The maximum absolute atomic E-state index is 12.5. The fourth-order valence-electron chi connectivity index (χ4n) is 2.87. The molecule has 0 bridgehead atoms. The number of pyridine rings is 1. The number of hydrogen-bond acceptors (Lipinski definition) is 4. The summed E-state index contributed by atoms with van der Waals surface area (Å²) in [6, 6.07) is 8.45. The monoisotopic (exact) mass is 378 g/mol. The number of benzene rings is 1. The Morgan fingerprint density at radius 1 is 1.07 bits per heavy atom. The van der Waals surface area contributed by atoms with Crippen LogP contribution in [0, 0.1) is 0 Å². The lowest BCUT2D eigenvalue weighted by atomic mass is 10.1. The number of nitrogens with two attached hydrogens (primary N) is 1. The van der Waals surface area contributed by atoms with E-state index in [1.54, 1.807) is 6.20 Å². The molecule has 2 heterocycles. The van der Waals surface area contributed by atoms with Gasteiger partial charge in [0.2, 0.25) is 0 Å². The summed E-state index contributed by atoms with van der Waals surface area (Å²) in [6.45, 7) is 2.04. The Kier molecular flexibility index (Phi) is 5.83. The second-order valence-corrected chi connectivity index (χ2v) is 6.40. The Morgan fingerprint density at radius 2 is 1.78 bits per heavy atom. The Morgan fingerprint density at radius 3 is 2.37 bits per heavy atom. The summed E-state index contributed by atoms with van der Waals surface area (Å²) in [5.74, 6) is 1.08. The number of oxime groups is 1. The molecule has 3 rings (SSSR count). The molecule has 0 unspecified atom stereocenters. The molecule has 1 saturated heterocycles. The van der Waals surface area contributed by atoms with Gasteiger partial charge >= 0.3 is 6.18 Å². The van der Waals surface area contributed by atoms with Crippen molar-refractivity contribution in [3.8, 4) is 0 Å². The van der Waals surface area contributed by atoms with Gasteiger partial charge in [-0.05, 0) is 49.1 Å². The quantitative estimate of drug-likeness (QED) is 0.486. The van der Waals surface area contributed by atoms with E-state index in [1.807, 2.05) is 12.1 Å². The van der Waals surface area contributed by atoms with E-state index in [0.717, 1.165) is 31.0 Å². The van der Waals surface area contributed by atoms with E-state index in [4.69, 9.17) is 10.6 Å². The van der Waals surface area contributed by atoms with Gasteiger partial charge in [-0.1, -0.05) is 17.3 Å². The molecule has 1 aliphatic rings. The number of rotatable bonds is 5. The molecule has 0 radical (unpaired) electrons. The van der Waals surface area contributed by atoms with Crippen LogP contribution in [-0.4, -0.2) is 23.9 Å². The largest absolute Gasteiger partial charge is 0.416 e. The lowest BCUT2D eigenvalue weighted by Crippen LogP contribution is -2.30. The fourth-order valence-corrected chi connectivity index (χ4v) is 2.87. The van der Waals surface area contributed by atoms with E-state index >= 15 is 0 Å². The molecule has 1 aromatic heterocycles. The summed E-state index contributed by atoms with van der Waals surface area (Å²) >= 11 is 0. The number of nitrogens with zero attached hydrogens (tertiary/aromatic N) is 3. The van der Waals surface area contributed by atoms with Crippen LogP contribution in [0.5, 0.6) is 0 Å². The predicted octanol–water partition coefficient (Wildman–Crippen LogP) is 3.93. The van der Waals surface area contributed by atoms with Gasteiger partial charge in [-0.25, -0.2) is 4.98 Å². The number of hydrogen-bond donors (Lipinski definition) is 1. The maximum Gasteiger partial charge on any atom is 0.416 e. The third kappa shape index (κ3) is 5.12. The van der Waals surface area contributed by atoms with Crippen LogP contribution in [0.1, 0.15) is 36.0 Å². The summed E-state index contributed by atoms with van der Waals surface area (Å²) in [5, 5.41) is 3.82. The molecular formula is C19H21F3N4O. The van der Waals surface area contributed by atoms with E-state index in [2.05, 4.69) is 15.0 Å². The minimum absolute atomic E-state index is 0.0259. The lowest BCUT2D eigenvalue weighted by Gasteiger charge is -2.27. The van der Waals surface area contributed by atoms with Gasteiger partial charge in [0.25, 0.3) is 0 Å². The van der Waals surface area contributed by atoms with Crippen LogP contribution in [0.2, 0.25) is 0 Å². The molecule has 27 heavy (non-hydrogen) atoms. The van der Waals surface area contributed by atoms with E-state index in [9.17, 15) is 13.2 Å². The van der Waals surface area contributed by atoms with Gasteiger partial charge < -0.3 is 15.5 Å². The van der Waals surface area contributed by atoms with Crippen LogP contribution in [0.3, 0.4) is 0 Å². The smallest absolute Gasteiger partial charge is 0.389 e. The third-order valence-corrected chi connectivity index (χ3v) is 4.40. The first-order chi connectivity index (χ1) is 12.9. The van der Waals surface area contributed by atoms with Crippen molar-refractivity contribution in [2.24, 2.45) is 10.9 Å². The molecule has 2 aromatic rings. The predicted molar refractivity (Wildman–Crippen MR) is 97.3 cm³/mol. The Balaban J connectivity index is 1.55. The molecule has 144 valence electrons. The number of anilines is 1. The lowest BCUT2D eigenvalue weighted by molar-refractivity contribution is -0.137. The minimum atomic E-state index is -4.35. The Hall–Kier alpha value is -2.77. The third-order valence-electron chi connectivity index (χ3n) is 4.40. The highest BCUT2D eigenvalue weighted by atomic mass is 19.4. The molecule has 1 fully saturated rings. The summed E-state index contributed by atoms with van der Waals surface area (Å²) < 4.78 is 37.6. The average Bonchev–Trinajstić information content (AvgIpc) is 2.68. The van der Waals surface area contributed by atoms with Crippen molar-refractivity contribution in [3.05, 3.63) is 59.3 Å². The molecule has 0 atom stereocenters. The Bertz CT molecular complexity index is 767. The van der Waals surface area contributed by atoms with Crippen LogP contribution in [0.15, 0.2) is 47.8 Å². The molecule has 8 heteroatoms. The van der Waals surface area contributed by atoms with Crippen LogP contribution in [0.25, 0.3) is 0 Å². The van der Waals surface area contributed by atoms with E-state index < -0.39 is 11.7 Å². The first kappa shape index (κ1) is 19.0. The van der Waals surface area contributed by atoms with Crippen molar-refractivity contribution >= 4 is 11.7 Å². The van der Waals surface area contributed by atoms with Gasteiger partial charge in [-0.15, -0.1) is 0 Å². The maximum atomic E-state index is 12.5. The zero-order valence-electron chi connectivity index (χ0n) is 14.7. The van der Waals surface area contributed by atoms with Crippen molar-refractivity contribution in [3.63, 3.8) is 0 Å².